The summed E-state index contributed by atoms with van der Waals surface area (Å²) in [7, 11) is 0. The molecule has 0 saturated carbocycles. The minimum atomic E-state index is -0.530. The highest BCUT2D eigenvalue weighted by Gasteiger charge is 2.51. The molecule has 0 spiro atoms. The maximum atomic E-state index is 4.05. The van der Waals surface area contributed by atoms with Crippen LogP contribution >= 0.6 is 31.9 Å². The molecule has 0 saturated heterocycles. The molecule has 0 bridgehead atoms. The fraction of sp³-hybridized carbons (Fsp3) is 0.429. The summed E-state index contributed by atoms with van der Waals surface area (Å²) in [6.45, 7) is 9.39. The highest BCUT2D eigenvalue weighted by molar-refractivity contribution is 9.10. The zero-order chi connectivity index (χ0) is 45.0. The Labute approximate surface area is 409 Å². The van der Waals surface area contributed by atoms with E-state index in [1.807, 2.05) is 0 Å². The Hall–Kier alpha value is -3.72. The highest BCUT2D eigenvalue weighted by atomic mass is 79.9. The number of hydrogen-bond acceptors (Lipinski definition) is 0. The van der Waals surface area contributed by atoms with Gasteiger partial charge in [-0.1, -0.05) is 259 Å². The second kappa shape index (κ2) is 20.2. The van der Waals surface area contributed by atoms with Crippen LogP contribution in [0.1, 0.15) is 201 Å². The van der Waals surface area contributed by atoms with Crippen LogP contribution in [-0.4, -0.2) is 0 Å². The summed E-state index contributed by atoms with van der Waals surface area (Å²) in [6.07, 6.45) is 25.4. The van der Waals surface area contributed by atoms with Gasteiger partial charge in [0, 0.05) is 19.8 Å². The molecule has 0 unspecified atom stereocenters. The molecular formula is C63H72Br2. The van der Waals surface area contributed by atoms with Crippen LogP contribution in [0.25, 0.3) is 33.4 Å². The number of hydrogen-bond donors (Lipinski definition) is 0. The van der Waals surface area contributed by atoms with Crippen molar-refractivity contribution < 1.29 is 0 Å². The van der Waals surface area contributed by atoms with E-state index in [0.29, 0.717) is 0 Å². The molecule has 0 atom stereocenters. The van der Waals surface area contributed by atoms with Gasteiger partial charge in [0.25, 0.3) is 0 Å². The number of fused-ring (bicyclic) bond motifs is 9. The molecule has 338 valence electrons. The molecule has 3 aliphatic rings. The van der Waals surface area contributed by atoms with Crippen LogP contribution in [0.5, 0.6) is 0 Å². The summed E-state index contributed by atoms with van der Waals surface area (Å²) in [5.41, 5.74) is 19.8. The molecule has 2 heteroatoms. The molecule has 0 fully saturated rings. The van der Waals surface area contributed by atoms with E-state index in [1.54, 1.807) is 22.3 Å². The molecule has 0 N–H and O–H groups in total. The van der Waals surface area contributed by atoms with Crippen LogP contribution in [0.2, 0.25) is 0 Å². The molecule has 0 aromatic heterocycles. The van der Waals surface area contributed by atoms with Crippen molar-refractivity contribution in [3.8, 4) is 33.4 Å². The molecule has 6 aromatic rings. The number of halogens is 2. The van der Waals surface area contributed by atoms with Crippen molar-refractivity contribution in [2.75, 3.05) is 0 Å². The van der Waals surface area contributed by atoms with E-state index in [2.05, 4.69) is 181 Å². The second-order valence-corrected chi connectivity index (χ2v) is 22.0. The fourth-order valence-electron chi connectivity index (χ4n) is 13.2. The zero-order valence-corrected chi connectivity index (χ0v) is 43.1. The van der Waals surface area contributed by atoms with Crippen LogP contribution in [0.15, 0.2) is 130 Å². The van der Waals surface area contributed by atoms with Crippen LogP contribution < -0.4 is 0 Å². The quantitative estimate of drug-likeness (QED) is 0.0594. The second-order valence-electron chi connectivity index (χ2n) is 20.1. The Kier molecular flexibility index (Phi) is 14.5. The standard InChI is InChI=1S/C63H72Br2/c1-5-9-13-21-37-61(38-22-14-10-6-2)55-27-19-17-25-49(55)51-33-29-45(41-57(51)61)63(59-43-47(64)31-35-53(59)54-36-32-48(65)44-60(54)63)46-30-34-52-50-26-18-20-28-56(50)62(58(52)42-46,39-23-15-11-7-3)40-24-16-12-8-4/h17-20,25-36,41-44H,5-16,21-24,37-40H2,1-4H3. The zero-order valence-electron chi connectivity index (χ0n) is 39.9. The van der Waals surface area contributed by atoms with Crippen molar-refractivity contribution in [1.82, 2.24) is 0 Å². The van der Waals surface area contributed by atoms with Crippen molar-refractivity contribution >= 4 is 31.9 Å². The minimum absolute atomic E-state index is 0.00483. The Morgan fingerprint density at radius 3 is 1.00 bits per heavy atom. The predicted molar refractivity (Wildman–Crippen MR) is 287 cm³/mol. The first-order chi connectivity index (χ1) is 31.9. The van der Waals surface area contributed by atoms with E-state index in [4.69, 9.17) is 0 Å². The average Bonchev–Trinajstić information content (AvgIpc) is 3.88. The lowest BCUT2D eigenvalue weighted by atomic mass is 9.64. The largest absolute Gasteiger partial charge is 0.0714 e. The Morgan fingerprint density at radius 1 is 0.308 bits per heavy atom. The van der Waals surface area contributed by atoms with Gasteiger partial charge in [0.05, 0.1) is 5.41 Å². The fourth-order valence-corrected chi connectivity index (χ4v) is 13.9. The number of unbranched alkanes of at least 4 members (excludes halogenated alkanes) is 12. The first-order valence-electron chi connectivity index (χ1n) is 26.0. The molecule has 9 rings (SSSR count). The molecule has 0 radical (unpaired) electrons. The summed E-state index contributed by atoms with van der Waals surface area (Å²) in [4.78, 5) is 0. The summed E-state index contributed by atoms with van der Waals surface area (Å²) >= 11 is 8.10. The normalized spacial score (nSPS) is 15.3. The van der Waals surface area contributed by atoms with Crippen LogP contribution in [0.4, 0.5) is 0 Å². The van der Waals surface area contributed by atoms with Gasteiger partial charge in [-0.25, -0.2) is 0 Å². The molecule has 0 amide bonds. The maximum Gasteiger partial charge on any atom is 0.0714 e. The van der Waals surface area contributed by atoms with Gasteiger partial charge in [0.1, 0.15) is 0 Å². The van der Waals surface area contributed by atoms with E-state index in [1.165, 1.54) is 184 Å². The first kappa shape index (κ1) is 46.4. The van der Waals surface area contributed by atoms with Crippen LogP contribution in [0.3, 0.4) is 0 Å². The number of benzene rings is 6. The minimum Gasteiger partial charge on any atom is -0.0654 e. The van der Waals surface area contributed by atoms with E-state index < -0.39 is 5.41 Å². The Morgan fingerprint density at radius 2 is 0.631 bits per heavy atom. The van der Waals surface area contributed by atoms with Crippen molar-refractivity contribution in [2.45, 2.75) is 172 Å². The predicted octanol–water partition coefficient (Wildman–Crippen LogP) is 20.0. The van der Waals surface area contributed by atoms with Crippen molar-refractivity contribution in [2.24, 2.45) is 0 Å². The monoisotopic (exact) mass is 986 g/mol. The Bertz CT molecular complexity index is 2400. The van der Waals surface area contributed by atoms with Crippen molar-refractivity contribution in [3.05, 3.63) is 175 Å². The summed E-state index contributed by atoms with van der Waals surface area (Å²) in [5, 5.41) is 0. The van der Waals surface area contributed by atoms with E-state index >= 15 is 0 Å². The lowest BCUT2D eigenvalue weighted by Crippen LogP contribution is -2.31. The topological polar surface area (TPSA) is 0 Å². The van der Waals surface area contributed by atoms with Gasteiger partial charge in [-0.05, 0) is 128 Å². The van der Waals surface area contributed by atoms with Crippen LogP contribution in [-0.2, 0) is 16.2 Å². The van der Waals surface area contributed by atoms with E-state index in [-0.39, 0.29) is 10.8 Å². The SMILES string of the molecule is CCCCCCC1(CCCCCC)c2ccccc2-c2ccc(C3(c4ccc5c(c4)C(CCCCCC)(CCCCCC)c4ccccc4-5)c4cc(Br)ccc4-c4ccc(Br)cc43)cc21. The summed E-state index contributed by atoms with van der Waals surface area (Å²) in [5.74, 6) is 0. The van der Waals surface area contributed by atoms with Gasteiger partial charge in [-0.2, -0.15) is 0 Å². The third-order valence-corrected chi connectivity index (χ3v) is 17.3. The van der Waals surface area contributed by atoms with Gasteiger partial charge in [-0.15, -0.1) is 0 Å². The summed E-state index contributed by atoms with van der Waals surface area (Å²) < 4.78 is 2.27. The number of rotatable bonds is 22. The smallest absolute Gasteiger partial charge is 0.0654 e. The van der Waals surface area contributed by atoms with E-state index in [9.17, 15) is 0 Å². The van der Waals surface area contributed by atoms with Crippen molar-refractivity contribution in [1.29, 1.82) is 0 Å². The molecule has 0 heterocycles. The third kappa shape index (κ3) is 8.17. The van der Waals surface area contributed by atoms with Crippen molar-refractivity contribution in [3.63, 3.8) is 0 Å². The molecular weight excluding hydrogens is 917 g/mol. The molecule has 0 nitrogen and oxygen atoms in total. The van der Waals surface area contributed by atoms with Gasteiger partial charge >= 0.3 is 0 Å². The highest BCUT2D eigenvalue weighted by Crippen LogP contribution is 2.62. The average molecular weight is 989 g/mol. The van der Waals surface area contributed by atoms with E-state index in [0.717, 1.165) is 8.95 Å². The first-order valence-corrected chi connectivity index (χ1v) is 27.6. The molecule has 65 heavy (non-hydrogen) atoms. The third-order valence-electron chi connectivity index (χ3n) is 16.3. The lowest BCUT2D eigenvalue weighted by Gasteiger charge is -2.38. The van der Waals surface area contributed by atoms with Gasteiger partial charge in [-0.3, -0.25) is 0 Å². The van der Waals surface area contributed by atoms with Gasteiger partial charge < -0.3 is 0 Å². The molecule has 6 aromatic carbocycles. The molecule has 3 aliphatic carbocycles. The maximum absolute atomic E-state index is 4.05. The van der Waals surface area contributed by atoms with Gasteiger partial charge in [0.15, 0.2) is 0 Å². The summed E-state index contributed by atoms with van der Waals surface area (Å²) in [6, 6.07) is 49.0. The Balaban J connectivity index is 1.31. The van der Waals surface area contributed by atoms with Gasteiger partial charge in [0.2, 0.25) is 0 Å². The van der Waals surface area contributed by atoms with Crippen LogP contribution in [0, 0.1) is 0 Å². The lowest BCUT2D eigenvalue weighted by molar-refractivity contribution is 0.400. The molecule has 0 aliphatic heterocycles.